The van der Waals surface area contributed by atoms with Gasteiger partial charge in [-0.2, -0.15) is 0 Å². The van der Waals surface area contributed by atoms with Gasteiger partial charge in [0, 0.05) is 21.0 Å². The Balaban J connectivity index is 2.13. The minimum absolute atomic E-state index is 0.0410. The largest absolute Gasteiger partial charge is 0.495 e. The Morgan fingerprint density at radius 3 is 2.83 bits per heavy atom. The summed E-state index contributed by atoms with van der Waals surface area (Å²) in [6.07, 6.45) is 0. The first-order valence-corrected chi connectivity index (χ1v) is 7.19. The Morgan fingerprint density at radius 2 is 2.00 bits per heavy atom. The summed E-state index contributed by atoms with van der Waals surface area (Å²) < 4.78 is 6.35. The molecular weight excluding hydrogens is 264 g/mol. The Kier molecular flexibility index (Phi) is 2.89. The Morgan fingerprint density at radius 1 is 1.17 bits per heavy atom. The number of ether oxygens (including phenoxy) is 1. The number of carbonyl (C=O) groups is 1. The molecule has 0 saturated carbocycles. The van der Waals surface area contributed by atoms with E-state index in [9.17, 15) is 4.79 Å². The molecular formula is C14H10O2S2. The van der Waals surface area contributed by atoms with E-state index in [1.165, 1.54) is 11.3 Å². The lowest BCUT2D eigenvalue weighted by atomic mass is 10.1. The third kappa shape index (κ3) is 1.74. The molecule has 0 atom stereocenters. The van der Waals surface area contributed by atoms with Crippen molar-refractivity contribution in [2.24, 2.45) is 0 Å². The maximum Gasteiger partial charge on any atom is 0.208 e. The minimum atomic E-state index is 0.0410. The second-order valence-electron chi connectivity index (χ2n) is 3.79. The van der Waals surface area contributed by atoms with Crippen molar-refractivity contribution in [1.82, 2.24) is 0 Å². The fourth-order valence-corrected chi connectivity index (χ4v) is 3.65. The van der Waals surface area contributed by atoms with Crippen LogP contribution in [0.15, 0.2) is 41.1 Å². The van der Waals surface area contributed by atoms with E-state index in [1.54, 1.807) is 18.4 Å². The zero-order chi connectivity index (χ0) is 12.5. The van der Waals surface area contributed by atoms with Gasteiger partial charge in [-0.15, -0.1) is 22.7 Å². The summed E-state index contributed by atoms with van der Waals surface area (Å²) in [5.41, 5.74) is 0.761. The van der Waals surface area contributed by atoms with Crippen LogP contribution in [0.4, 0.5) is 0 Å². The highest BCUT2D eigenvalue weighted by Gasteiger charge is 2.19. The Bertz CT molecular complexity index is 709. The van der Waals surface area contributed by atoms with Crippen LogP contribution in [0.2, 0.25) is 0 Å². The minimum Gasteiger partial charge on any atom is -0.495 e. The molecule has 0 fully saturated rings. The van der Waals surface area contributed by atoms with Crippen LogP contribution < -0.4 is 4.74 Å². The molecule has 2 aromatic heterocycles. The van der Waals surface area contributed by atoms with Crippen molar-refractivity contribution in [2.45, 2.75) is 0 Å². The van der Waals surface area contributed by atoms with E-state index in [0.29, 0.717) is 10.6 Å². The first-order valence-electron chi connectivity index (χ1n) is 5.43. The molecule has 90 valence electrons. The monoisotopic (exact) mass is 274 g/mol. The first kappa shape index (κ1) is 11.4. The lowest BCUT2D eigenvalue weighted by Crippen LogP contribution is -1.99. The number of carbonyl (C=O) groups excluding carboxylic acids is 1. The maximum absolute atomic E-state index is 12.5. The SMILES string of the molecule is COc1ccsc1C(=O)c1csc2ccccc12. The van der Waals surface area contributed by atoms with E-state index in [-0.39, 0.29) is 5.78 Å². The zero-order valence-corrected chi connectivity index (χ0v) is 11.3. The second kappa shape index (κ2) is 4.55. The summed E-state index contributed by atoms with van der Waals surface area (Å²) >= 11 is 3.02. The van der Waals surface area contributed by atoms with E-state index >= 15 is 0 Å². The van der Waals surface area contributed by atoms with Gasteiger partial charge in [-0.05, 0) is 17.5 Å². The number of fused-ring (bicyclic) bond motifs is 1. The van der Waals surface area contributed by atoms with Gasteiger partial charge in [0.2, 0.25) is 5.78 Å². The molecule has 3 rings (SSSR count). The predicted molar refractivity (Wildman–Crippen MR) is 76.1 cm³/mol. The lowest BCUT2D eigenvalue weighted by Gasteiger charge is -2.01. The van der Waals surface area contributed by atoms with Crippen molar-refractivity contribution in [2.75, 3.05) is 7.11 Å². The van der Waals surface area contributed by atoms with Crippen LogP contribution in [-0.4, -0.2) is 12.9 Å². The fraction of sp³-hybridized carbons (Fsp3) is 0.0714. The Hall–Kier alpha value is -1.65. The molecule has 0 radical (unpaired) electrons. The van der Waals surface area contributed by atoms with Gasteiger partial charge in [0.15, 0.2) is 0 Å². The van der Waals surface area contributed by atoms with Crippen molar-refractivity contribution in [1.29, 1.82) is 0 Å². The summed E-state index contributed by atoms with van der Waals surface area (Å²) in [4.78, 5) is 13.2. The van der Waals surface area contributed by atoms with Gasteiger partial charge < -0.3 is 4.74 Å². The molecule has 0 N–H and O–H groups in total. The standard InChI is InChI=1S/C14H10O2S2/c1-16-11-6-7-17-14(11)13(15)10-8-18-12-5-3-2-4-9(10)12/h2-8H,1H3. The number of benzene rings is 1. The molecule has 2 nitrogen and oxygen atoms in total. The molecule has 0 saturated heterocycles. The topological polar surface area (TPSA) is 26.3 Å². The maximum atomic E-state index is 12.5. The average molecular weight is 274 g/mol. The number of thiophene rings is 2. The molecule has 2 heterocycles. The van der Waals surface area contributed by atoms with Crippen molar-refractivity contribution in [3.05, 3.63) is 51.5 Å². The summed E-state index contributed by atoms with van der Waals surface area (Å²) in [7, 11) is 1.59. The number of hydrogen-bond donors (Lipinski definition) is 0. The van der Waals surface area contributed by atoms with Gasteiger partial charge in [-0.3, -0.25) is 4.79 Å². The second-order valence-corrected chi connectivity index (χ2v) is 5.62. The smallest absolute Gasteiger partial charge is 0.208 e. The van der Waals surface area contributed by atoms with E-state index in [0.717, 1.165) is 15.6 Å². The molecule has 0 aliphatic rings. The highest BCUT2D eigenvalue weighted by molar-refractivity contribution is 7.18. The highest BCUT2D eigenvalue weighted by Crippen LogP contribution is 2.32. The number of methoxy groups -OCH3 is 1. The molecule has 0 unspecified atom stereocenters. The number of rotatable bonds is 3. The van der Waals surface area contributed by atoms with E-state index in [2.05, 4.69) is 0 Å². The third-order valence-corrected chi connectivity index (χ3v) is 4.64. The van der Waals surface area contributed by atoms with Crippen LogP contribution in [0, 0.1) is 0 Å². The molecule has 18 heavy (non-hydrogen) atoms. The zero-order valence-electron chi connectivity index (χ0n) is 9.67. The van der Waals surface area contributed by atoms with E-state index < -0.39 is 0 Å². The van der Waals surface area contributed by atoms with Crippen molar-refractivity contribution in [3.8, 4) is 5.75 Å². The Labute approximate surface area is 112 Å². The van der Waals surface area contributed by atoms with Gasteiger partial charge in [0.05, 0.1) is 7.11 Å². The van der Waals surface area contributed by atoms with Gasteiger partial charge in [-0.1, -0.05) is 18.2 Å². The van der Waals surface area contributed by atoms with Crippen LogP contribution in [0.25, 0.3) is 10.1 Å². The first-order chi connectivity index (χ1) is 8.81. The molecule has 0 amide bonds. The predicted octanol–water partition coefficient (Wildman–Crippen LogP) is 4.20. The van der Waals surface area contributed by atoms with Gasteiger partial charge >= 0.3 is 0 Å². The molecule has 3 aromatic rings. The molecule has 0 spiro atoms. The average Bonchev–Trinajstić information content (AvgIpc) is 3.04. The van der Waals surface area contributed by atoms with Crippen molar-refractivity contribution >= 4 is 38.5 Å². The van der Waals surface area contributed by atoms with Gasteiger partial charge in [0.25, 0.3) is 0 Å². The highest BCUT2D eigenvalue weighted by atomic mass is 32.1. The third-order valence-electron chi connectivity index (χ3n) is 2.78. The number of hydrogen-bond acceptors (Lipinski definition) is 4. The molecule has 0 aliphatic carbocycles. The lowest BCUT2D eigenvalue weighted by molar-refractivity contribution is 0.104. The fourth-order valence-electron chi connectivity index (χ4n) is 1.90. The quantitative estimate of drug-likeness (QED) is 0.669. The molecule has 4 heteroatoms. The van der Waals surface area contributed by atoms with Crippen LogP contribution in [-0.2, 0) is 0 Å². The summed E-state index contributed by atoms with van der Waals surface area (Å²) in [5.74, 6) is 0.694. The molecule has 1 aromatic carbocycles. The molecule has 0 bridgehead atoms. The summed E-state index contributed by atoms with van der Waals surface area (Å²) in [6, 6.07) is 9.78. The van der Waals surface area contributed by atoms with E-state index in [1.807, 2.05) is 41.1 Å². The summed E-state index contributed by atoms with van der Waals surface area (Å²) in [5, 5.41) is 4.82. The van der Waals surface area contributed by atoms with Crippen LogP contribution >= 0.6 is 22.7 Å². The number of ketones is 1. The van der Waals surface area contributed by atoms with Gasteiger partial charge in [-0.25, -0.2) is 0 Å². The van der Waals surface area contributed by atoms with Crippen LogP contribution in [0.5, 0.6) is 5.75 Å². The van der Waals surface area contributed by atoms with Crippen molar-refractivity contribution < 1.29 is 9.53 Å². The van der Waals surface area contributed by atoms with Crippen LogP contribution in [0.3, 0.4) is 0 Å². The van der Waals surface area contributed by atoms with Gasteiger partial charge in [0.1, 0.15) is 10.6 Å². The van der Waals surface area contributed by atoms with E-state index in [4.69, 9.17) is 4.74 Å². The summed E-state index contributed by atoms with van der Waals surface area (Å²) in [6.45, 7) is 0. The van der Waals surface area contributed by atoms with Crippen molar-refractivity contribution in [3.63, 3.8) is 0 Å². The molecule has 0 aliphatic heterocycles. The normalized spacial score (nSPS) is 10.7. The van der Waals surface area contributed by atoms with Crippen LogP contribution in [0.1, 0.15) is 15.2 Å².